The minimum atomic E-state index is -0.440. The Hall–Kier alpha value is -0.810. The quantitative estimate of drug-likeness (QED) is 0.707. The van der Waals surface area contributed by atoms with Gasteiger partial charge in [-0.15, -0.1) is 0 Å². The molecule has 0 atom stereocenters. The summed E-state index contributed by atoms with van der Waals surface area (Å²) in [4.78, 5) is 13.6. The lowest BCUT2D eigenvalue weighted by molar-refractivity contribution is 0.0522. The van der Waals surface area contributed by atoms with Crippen LogP contribution in [-0.2, 0) is 4.74 Å². The normalized spacial score (nSPS) is 11.6. The van der Waals surface area contributed by atoms with E-state index in [1.54, 1.807) is 0 Å². The van der Waals surface area contributed by atoms with Gasteiger partial charge in [0, 0.05) is 26.2 Å². The standard InChI is InChI=1S/C12H27N3O2/c1-5-8-15(9-6-13)10-7-14-11(16)17-12(2,3)4/h5-10,13H2,1-4H3,(H,14,16). The van der Waals surface area contributed by atoms with Crippen LogP contribution in [0.2, 0.25) is 0 Å². The van der Waals surface area contributed by atoms with Gasteiger partial charge in [0.15, 0.2) is 0 Å². The second-order valence-electron chi connectivity index (χ2n) is 5.06. The fourth-order valence-corrected chi connectivity index (χ4v) is 1.46. The fraction of sp³-hybridized carbons (Fsp3) is 0.917. The van der Waals surface area contributed by atoms with Gasteiger partial charge in [0.1, 0.15) is 5.60 Å². The zero-order valence-electron chi connectivity index (χ0n) is 11.6. The highest BCUT2D eigenvalue weighted by molar-refractivity contribution is 5.67. The van der Waals surface area contributed by atoms with Crippen LogP contribution >= 0.6 is 0 Å². The first-order valence-electron chi connectivity index (χ1n) is 6.28. The number of amides is 1. The van der Waals surface area contributed by atoms with Crippen molar-refractivity contribution in [3.05, 3.63) is 0 Å². The zero-order chi connectivity index (χ0) is 13.3. The van der Waals surface area contributed by atoms with E-state index >= 15 is 0 Å². The summed E-state index contributed by atoms with van der Waals surface area (Å²) in [5, 5.41) is 2.74. The Labute approximate surface area is 105 Å². The Morgan fingerprint density at radius 1 is 1.29 bits per heavy atom. The number of alkyl carbamates (subject to hydrolysis) is 1. The molecule has 0 heterocycles. The topological polar surface area (TPSA) is 67.6 Å². The molecule has 0 aromatic carbocycles. The van der Waals surface area contributed by atoms with Crippen molar-refractivity contribution in [1.82, 2.24) is 10.2 Å². The Balaban J connectivity index is 3.76. The van der Waals surface area contributed by atoms with Gasteiger partial charge in [0.05, 0.1) is 0 Å². The molecule has 0 aliphatic carbocycles. The summed E-state index contributed by atoms with van der Waals surface area (Å²) < 4.78 is 5.15. The first-order valence-corrected chi connectivity index (χ1v) is 6.28. The number of rotatable bonds is 7. The lowest BCUT2D eigenvalue weighted by Gasteiger charge is -2.22. The lowest BCUT2D eigenvalue weighted by atomic mass is 10.2. The van der Waals surface area contributed by atoms with Crippen molar-refractivity contribution >= 4 is 6.09 Å². The monoisotopic (exact) mass is 245 g/mol. The molecular weight excluding hydrogens is 218 g/mol. The van der Waals surface area contributed by atoms with E-state index in [1.165, 1.54) is 0 Å². The molecule has 0 aromatic heterocycles. The third-order valence-corrected chi connectivity index (χ3v) is 2.08. The minimum Gasteiger partial charge on any atom is -0.444 e. The number of nitrogens with two attached hydrogens (primary N) is 1. The van der Waals surface area contributed by atoms with Crippen LogP contribution in [0.1, 0.15) is 34.1 Å². The van der Waals surface area contributed by atoms with Gasteiger partial charge in [0.25, 0.3) is 0 Å². The van der Waals surface area contributed by atoms with Gasteiger partial charge in [-0.25, -0.2) is 4.79 Å². The number of hydrogen-bond acceptors (Lipinski definition) is 4. The summed E-state index contributed by atoms with van der Waals surface area (Å²) in [7, 11) is 0. The van der Waals surface area contributed by atoms with Gasteiger partial charge in [0.2, 0.25) is 0 Å². The van der Waals surface area contributed by atoms with Crippen molar-refractivity contribution in [3.8, 4) is 0 Å². The third kappa shape index (κ3) is 10.1. The smallest absolute Gasteiger partial charge is 0.407 e. The molecule has 0 bridgehead atoms. The Morgan fingerprint density at radius 2 is 1.94 bits per heavy atom. The molecule has 1 amide bonds. The molecule has 0 rings (SSSR count). The fourth-order valence-electron chi connectivity index (χ4n) is 1.46. The van der Waals surface area contributed by atoms with Gasteiger partial charge >= 0.3 is 6.09 Å². The minimum absolute atomic E-state index is 0.360. The Morgan fingerprint density at radius 3 is 2.41 bits per heavy atom. The van der Waals surface area contributed by atoms with Crippen molar-refractivity contribution in [2.24, 2.45) is 5.73 Å². The molecule has 17 heavy (non-hydrogen) atoms. The molecule has 0 unspecified atom stereocenters. The second kappa shape index (κ2) is 8.31. The molecule has 0 saturated heterocycles. The predicted molar refractivity (Wildman–Crippen MR) is 70.0 cm³/mol. The van der Waals surface area contributed by atoms with E-state index in [-0.39, 0.29) is 6.09 Å². The van der Waals surface area contributed by atoms with E-state index in [2.05, 4.69) is 17.1 Å². The number of hydrogen-bond donors (Lipinski definition) is 2. The van der Waals surface area contributed by atoms with Crippen LogP contribution in [-0.4, -0.2) is 49.3 Å². The van der Waals surface area contributed by atoms with Gasteiger partial charge in [-0.2, -0.15) is 0 Å². The van der Waals surface area contributed by atoms with E-state index in [0.29, 0.717) is 13.1 Å². The number of ether oxygens (including phenoxy) is 1. The molecule has 0 aliphatic rings. The maximum absolute atomic E-state index is 11.4. The SMILES string of the molecule is CCCN(CCN)CCNC(=O)OC(C)(C)C. The molecule has 0 fully saturated rings. The van der Waals surface area contributed by atoms with Crippen LogP contribution in [0.3, 0.4) is 0 Å². The summed E-state index contributed by atoms with van der Waals surface area (Å²) in [6, 6.07) is 0. The molecule has 5 heteroatoms. The molecule has 0 aliphatic heterocycles. The zero-order valence-corrected chi connectivity index (χ0v) is 11.6. The second-order valence-corrected chi connectivity index (χ2v) is 5.06. The lowest BCUT2D eigenvalue weighted by Crippen LogP contribution is -2.39. The Kier molecular flexibility index (Phi) is 7.91. The van der Waals surface area contributed by atoms with Crippen LogP contribution in [0.15, 0.2) is 0 Å². The predicted octanol–water partition coefficient (Wildman–Crippen LogP) is 1.18. The summed E-state index contributed by atoms with van der Waals surface area (Å²) in [6.45, 7) is 11.6. The van der Waals surface area contributed by atoms with Crippen LogP contribution in [0.5, 0.6) is 0 Å². The highest BCUT2D eigenvalue weighted by Gasteiger charge is 2.15. The number of carbonyl (C=O) groups excluding carboxylic acids is 1. The third-order valence-electron chi connectivity index (χ3n) is 2.08. The maximum atomic E-state index is 11.4. The van der Waals surface area contributed by atoms with Crippen LogP contribution in [0, 0.1) is 0 Å². The molecule has 0 spiro atoms. The molecule has 3 N–H and O–H groups in total. The summed E-state index contributed by atoms with van der Waals surface area (Å²) in [5.41, 5.74) is 5.08. The van der Waals surface area contributed by atoms with Gasteiger partial charge in [-0.05, 0) is 33.7 Å². The Bertz CT molecular complexity index is 208. The molecule has 5 nitrogen and oxygen atoms in total. The van der Waals surface area contributed by atoms with Crippen molar-refractivity contribution in [2.45, 2.75) is 39.7 Å². The van der Waals surface area contributed by atoms with E-state index in [1.807, 2.05) is 20.8 Å². The summed E-state index contributed by atoms with van der Waals surface area (Å²) in [5.74, 6) is 0. The summed E-state index contributed by atoms with van der Waals surface area (Å²) in [6.07, 6.45) is 0.730. The van der Waals surface area contributed by atoms with Crippen molar-refractivity contribution < 1.29 is 9.53 Å². The molecule has 0 saturated carbocycles. The van der Waals surface area contributed by atoms with E-state index in [4.69, 9.17) is 10.5 Å². The van der Waals surface area contributed by atoms with Crippen LogP contribution in [0.4, 0.5) is 4.79 Å². The van der Waals surface area contributed by atoms with Gasteiger partial charge in [-0.3, -0.25) is 0 Å². The van der Waals surface area contributed by atoms with Gasteiger partial charge < -0.3 is 20.7 Å². The average Bonchev–Trinajstić information content (AvgIpc) is 2.15. The van der Waals surface area contributed by atoms with Crippen LogP contribution < -0.4 is 11.1 Å². The number of carbonyl (C=O) groups is 1. The van der Waals surface area contributed by atoms with Crippen LogP contribution in [0.25, 0.3) is 0 Å². The number of nitrogens with one attached hydrogen (secondary N) is 1. The van der Waals surface area contributed by atoms with Crippen molar-refractivity contribution in [3.63, 3.8) is 0 Å². The summed E-state index contributed by atoms with van der Waals surface area (Å²) >= 11 is 0. The van der Waals surface area contributed by atoms with E-state index in [9.17, 15) is 4.79 Å². The van der Waals surface area contributed by atoms with E-state index in [0.717, 1.165) is 26.1 Å². The maximum Gasteiger partial charge on any atom is 0.407 e. The largest absolute Gasteiger partial charge is 0.444 e. The highest BCUT2D eigenvalue weighted by Crippen LogP contribution is 2.06. The molecule has 0 aromatic rings. The first-order chi connectivity index (χ1) is 7.89. The molecular formula is C12H27N3O2. The molecule has 0 radical (unpaired) electrons. The van der Waals surface area contributed by atoms with Crippen molar-refractivity contribution in [1.29, 1.82) is 0 Å². The average molecular weight is 245 g/mol. The van der Waals surface area contributed by atoms with Gasteiger partial charge in [-0.1, -0.05) is 6.92 Å². The van der Waals surface area contributed by atoms with E-state index < -0.39 is 5.60 Å². The number of nitrogens with zero attached hydrogens (tertiary/aromatic N) is 1. The first kappa shape index (κ1) is 16.2. The molecule has 102 valence electrons. The van der Waals surface area contributed by atoms with Crippen molar-refractivity contribution in [2.75, 3.05) is 32.7 Å². The highest BCUT2D eigenvalue weighted by atomic mass is 16.6.